The van der Waals surface area contributed by atoms with E-state index in [9.17, 15) is 9.90 Å². The number of nitrogens with two attached hydrogens (primary N) is 1. The zero-order chi connectivity index (χ0) is 16.2. The van der Waals surface area contributed by atoms with Gasteiger partial charge in [-0.15, -0.1) is 10.2 Å². The molecule has 1 saturated carbocycles. The highest BCUT2D eigenvalue weighted by Gasteiger charge is 2.39. The average Bonchev–Trinajstić information content (AvgIpc) is 3.21. The molecule has 0 spiro atoms. The lowest BCUT2D eigenvalue weighted by Crippen LogP contribution is -2.30. The number of carbonyl (C=O) groups is 1. The van der Waals surface area contributed by atoms with Gasteiger partial charge in [0.15, 0.2) is 5.82 Å². The van der Waals surface area contributed by atoms with Gasteiger partial charge in [-0.1, -0.05) is 24.1 Å². The van der Waals surface area contributed by atoms with Gasteiger partial charge >= 0.3 is 5.97 Å². The molecule has 8 heteroatoms. The van der Waals surface area contributed by atoms with Gasteiger partial charge in [-0.2, -0.15) is 5.21 Å². The molecule has 1 aliphatic carbocycles. The van der Waals surface area contributed by atoms with E-state index >= 15 is 0 Å². The van der Waals surface area contributed by atoms with E-state index in [1.807, 2.05) is 6.07 Å². The number of hydrogen-bond donors (Lipinski definition) is 3. The Morgan fingerprint density at radius 1 is 1.39 bits per heavy atom. The topological polar surface area (TPSA) is 131 Å². The molecule has 23 heavy (non-hydrogen) atoms. The van der Waals surface area contributed by atoms with E-state index in [1.54, 1.807) is 12.3 Å². The molecule has 3 rings (SSSR count). The summed E-state index contributed by atoms with van der Waals surface area (Å²) in [5.74, 6) is -0.614. The van der Waals surface area contributed by atoms with Crippen molar-refractivity contribution < 1.29 is 9.90 Å². The summed E-state index contributed by atoms with van der Waals surface area (Å²) in [5.41, 5.74) is 6.53. The molecule has 1 unspecified atom stereocenters. The molecule has 2 atom stereocenters. The van der Waals surface area contributed by atoms with Crippen LogP contribution in [0, 0.1) is 11.8 Å². The van der Waals surface area contributed by atoms with Crippen LogP contribution in [-0.2, 0) is 11.2 Å². The maximum atomic E-state index is 11.9. The zero-order valence-corrected chi connectivity index (χ0v) is 12.7. The number of nitrogen functional groups attached to an aromatic ring is 1. The molecule has 2 aromatic heterocycles. The number of carboxylic acids is 1. The number of tetrazole rings is 1. The van der Waals surface area contributed by atoms with Crippen LogP contribution in [0.2, 0.25) is 0 Å². The Hall–Kier alpha value is -2.51. The predicted molar refractivity (Wildman–Crippen MR) is 82.4 cm³/mol. The Labute approximate surface area is 133 Å². The second kappa shape index (κ2) is 6.72. The van der Waals surface area contributed by atoms with E-state index in [-0.39, 0.29) is 11.8 Å². The molecule has 2 heterocycles. The van der Waals surface area contributed by atoms with Crippen LogP contribution in [0.3, 0.4) is 0 Å². The first-order valence-electron chi connectivity index (χ1n) is 7.81. The molecule has 0 bridgehead atoms. The van der Waals surface area contributed by atoms with Gasteiger partial charge in [-0.05, 0) is 36.8 Å². The maximum Gasteiger partial charge on any atom is 0.307 e. The molecule has 0 aliphatic heterocycles. The van der Waals surface area contributed by atoms with Crippen LogP contribution in [-0.4, -0.2) is 36.7 Å². The van der Waals surface area contributed by atoms with Crippen LogP contribution in [0.5, 0.6) is 0 Å². The Bertz CT molecular complexity index is 636. The largest absolute Gasteiger partial charge is 0.481 e. The quantitative estimate of drug-likeness (QED) is 0.734. The van der Waals surface area contributed by atoms with E-state index < -0.39 is 11.9 Å². The first-order valence-corrected chi connectivity index (χ1v) is 7.81. The highest BCUT2D eigenvalue weighted by Crippen LogP contribution is 2.40. The number of rotatable bonds is 6. The van der Waals surface area contributed by atoms with E-state index in [0.717, 1.165) is 31.2 Å². The van der Waals surface area contributed by atoms with Gasteiger partial charge < -0.3 is 10.8 Å². The predicted octanol–water partition coefficient (Wildman–Crippen LogP) is 1.39. The van der Waals surface area contributed by atoms with E-state index in [1.165, 1.54) is 0 Å². The van der Waals surface area contributed by atoms with Gasteiger partial charge in [0, 0.05) is 12.1 Å². The zero-order valence-electron chi connectivity index (χ0n) is 12.7. The number of carboxylic acid groups (broad SMARTS) is 1. The van der Waals surface area contributed by atoms with Gasteiger partial charge in [0.05, 0.1) is 5.92 Å². The third kappa shape index (κ3) is 3.46. The third-order valence-electron chi connectivity index (χ3n) is 4.62. The smallest absolute Gasteiger partial charge is 0.307 e. The monoisotopic (exact) mass is 316 g/mol. The molecule has 0 amide bonds. The van der Waals surface area contributed by atoms with Crippen molar-refractivity contribution in [1.29, 1.82) is 0 Å². The van der Waals surface area contributed by atoms with Crippen molar-refractivity contribution in [3.8, 4) is 0 Å². The fraction of sp³-hybridized carbons (Fsp3) is 0.533. The van der Waals surface area contributed by atoms with Crippen LogP contribution in [0.15, 0.2) is 18.3 Å². The summed E-state index contributed by atoms with van der Waals surface area (Å²) >= 11 is 0. The van der Waals surface area contributed by atoms with Crippen LogP contribution in [0.1, 0.15) is 43.0 Å². The van der Waals surface area contributed by atoms with Gasteiger partial charge in [0.2, 0.25) is 0 Å². The number of nitrogens with one attached hydrogen (secondary N) is 1. The van der Waals surface area contributed by atoms with E-state index in [0.29, 0.717) is 18.1 Å². The number of aliphatic carboxylic acids is 1. The van der Waals surface area contributed by atoms with E-state index in [2.05, 4.69) is 25.6 Å². The standard InChI is InChI=1S/C15H20N6O2/c16-12-6-5-9(8-17-12)7-11(14-18-20-21-19-14)13(15(22)23)10-3-1-2-4-10/h5-6,8,10-11,13H,1-4,7H2,(H2,16,17)(H,22,23)(H,18,19,20,21)/t11-,13?/m0/s1. The number of nitrogens with zero attached hydrogens (tertiary/aromatic N) is 4. The maximum absolute atomic E-state index is 11.9. The van der Waals surface area contributed by atoms with Crippen LogP contribution in [0.4, 0.5) is 5.82 Å². The molecule has 1 fully saturated rings. The molecule has 8 nitrogen and oxygen atoms in total. The second-order valence-corrected chi connectivity index (χ2v) is 6.08. The van der Waals surface area contributed by atoms with Crippen molar-refractivity contribution >= 4 is 11.8 Å². The third-order valence-corrected chi connectivity index (χ3v) is 4.62. The fourth-order valence-corrected chi connectivity index (χ4v) is 3.53. The minimum absolute atomic E-state index is 0.151. The molecule has 2 aromatic rings. The summed E-state index contributed by atoms with van der Waals surface area (Å²) in [7, 11) is 0. The molecule has 1 aliphatic rings. The van der Waals surface area contributed by atoms with Crippen molar-refractivity contribution in [2.75, 3.05) is 5.73 Å². The van der Waals surface area contributed by atoms with Gasteiger partial charge in [-0.3, -0.25) is 4.79 Å². The molecule has 0 saturated heterocycles. The Morgan fingerprint density at radius 2 is 2.17 bits per heavy atom. The van der Waals surface area contributed by atoms with Gasteiger partial charge in [-0.25, -0.2) is 4.98 Å². The summed E-state index contributed by atoms with van der Waals surface area (Å²) < 4.78 is 0. The summed E-state index contributed by atoms with van der Waals surface area (Å²) in [6.45, 7) is 0. The number of anilines is 1. The molecule has 122 valence electrons. The fourth-order valence-electron chi connectivity index (χ4n) is 3.53. The van der Waals surface area contributed by atoms with Gasteiger partial charge in [0.1, 0.15) is 5.82 Å². The molecule has 4 N–H and O–H groups in total. The Kier molecular flexibility index (Phi) is 4.50. The lowest BCUT2D eigenvalue weighted by Gasteiger charge is -2.26. The Balaban J connectivity index is 1.90. The van der Waals surface area contributed by atoms with Gasteiger partial charge in [0.25, 0.3) is 0 Å². The van der Waals surface area contributed by atoms with Crippen LogP contribution < -0.4 is 5.73 Å². The summed E-state index contributed by atoms with van der Waals surface area (Å²) in [6.07, 6.45) is 6.21. The van der Waals surface area contributed by atoms with Crippen LogP contribution in [0.25, 0.3) is 0 Å². The van der Waals surface area contributed by atoms with Crippen molar-refractivity contribution in [1.82, 2.24) is 25.6 Å². The number of pyridine rings is 1. The molecular formula is C15H20N6O2. The SMILES string of the molecule is Nc1ccc(C[C@H](c2nn[nH]n2)C(C(=O)O)C2CCCC2)cn1. The summed E-state index contributed by atoms with van der Waals surface area (Å²) in [4.78, 5) is 16.0. The van der Waals surface area contributed by atoms with Crippen molar-refractivity contribution in [2.24, 2.45) is 11.8 Å². The lowest BCUT2D eigenvalue weighted by molar-refractivity contribution is -0.144. The summed E-state index contributed by atoms with van der Waals surface area (Å²) in [5, 5.41) is 23.9. The van der Waals surface area contributed by atoms with Crippen LogP contribution >= 0.6 is 0 Å². The summed E-state index contributed by atoms with van der Waals surface area (Å²) in [6, 6.07) is 3.58. The first-order chi connectivity index (χ1) is 11.1. The molecule has 0 aromatic carbocycles. The minimum atomic E-state index is -0.796. The number of aromatic amines is 1. The second-order valence-electron chi connectivity index (χ2n) is 6.08. The normalized spacial score (nSPS) is 17.9. The lowest BCUT2D eigenvalue weighted by atomic mass is 9.77. The number of H-pyrrole nitrogens is 1. The molecule has 0 radical (unpaired) electrons. The molecular weight excluding hydrogens is 296 g/mol. The van der Waals surface area contributed by atoms with Crippen molar-refractivity contribution in [2.45, 2.75) is 38.0 Å². The number of aromatic nitrogens is 5. The van der Waals surface area contributed by atoms with Crippen molar-refractivity contribution in [3.63, 3.8) is 0 Å². The number of hydrogen-bond acceptors (Lipinski definition) is 6. The first kappa shape index (κ1) is 15.4. The Morgan fingerprint density at radius 3 is 2.74 bits per heavy atom. The minimum Gasteiger partial charge on any atom is -0.481 e. The average molecular weight is 316 g/mol. The van der Waals surface area contributed by atoms with Crippen molar-refractivity contribution in [3.05, 3.63) is 29.7 Å². The van der Waals surface area contributed by atoms with E-state index in [4.69, 9.17) is 5.73 Å². The highest BCUT2D eigenvalue weighted by molar-refractivity contribution is 5.71. The highest BCUT2D eigenvalue weighted by atomic mass is 16.4.